The van der Waals surface area contributed by atoms with Crippen LogP contribution in [0.3, 0.4) is 0 Å². The Hall–Kier alpha value is -2.54. The van der Waals surface area contributed by atoms with E-state index in [1.807, 2.05) is 37.3 Å². The third-order valence-corrected chi connectivity index (χ3v) is 6.43. The minimum atomic E-state index is -3.50. The molecule has 1 heterocycles. The van der Waals surface area contributed by atoms with E-state index >= 15 is 0 Å². The van der Waals surface area contributed by atoms with Crippen molar-refractivity contribution in [3.63, 3.8) is 0 Å². The summed E-state index contributed by atoms with van der Waals surface area (Å²) in [5, 5.41) is 2.89. The van der Waals surface area contributed by atoms with Crippen LogP contribution in [0.15, 0.2) is 54.6 Å². The van der Waals surface area contributed by atoms with Gasteiger partial charge < -0.3 is 10.1 Å². The zero-order valence-corrected chi connectivity index (χ0v) is 16.3. The van der Waals surface area contributed by atoms with E-state index in [4.69, 9.17) is 4.74 Å². The molecule has 2 unspecified atom stereocenters. The van der Waals surface area contributed by atoms with E-state index in [-0.39, 0.29) is 24.1 Å². The number of hydrogen-bond donors (Lipinski definition) is 1. The van der Waals surface area contributed by atoms with E-state index in [2.05, 4.69) is 5.32 Å². The number of hydrogen-bond acceptors (Lipinski definition) is 4. The van der Waals surface area contributed by atoms with Gasteiger partial charge in [-0.05, 0) is 30.5 Å². The number of rotatable bonds is 6. The molecule has 0 aliphatic carbocycles. The van der Waals surface area contributed by atoms with E-state index in [9.17, 15) is 13.2 Å². The van der Waals surface area contributed by atoms with Gasteiger partial charge in [0.15, 0.2) is 6.10 Å². The van der Waals surface area contributed by atoms with Gasteiger partial charge in [0, 0.05) is 6.54 Å². The topological polar surface area (TPSA) is 75.7 Å². The first-order valence-corrected chi connectivity index (χ1v) is 10.6. The molecule has 0 aromatic heterocycles. The predicted octanol–water partition coefficient (Wildman–Crippen LogP) is 2.52. The lowest BCUT2D eigenvalue weighted by molar-refractivity contribution is -0.127. The van der Waals surface area contributed by atoms with Crippen LogP contribution < -0.4 is 14.4 Å². The molecule has 2 atom stereocenters. The first-order chi connectivity index (χ1) is 12.9. The Morgan fingerprint density at radius 1 is 1.19 bits per heavy atom. The lowest BCUT2D eigenvalue weighted by atomic mass is 10.0. The van der Waals surface area contributed by atoms with Crippen molar-refractivity contribution in [2.75, 3.05) is 23.1 Å². The van der Waals surface area contributed by atoms with Crippen LogP contribution in [0, 0.1) is 0 Å². The molecule has 1 amide bonds. The van der Waals surface area contributed by atoms with E-state index in [1.54, 1.807) is 31.2 Å². The van der Waals surface area contributed by atoms with Crippen LogP contribution in [-0.2, 0) is 14.8 Å². The molecule has 0 saturated heterocycles. The van der Waals surface area contributed by atoms with E-state index in [1.165, 1.54) is 4.31 Å². The summed E-state index contributed by atoms with van der Waals surface area (Å²) in [6, 6.07) is 16.8. The summed E-state index contributed by atoms with van der Waals surface area (Å²) in [6.07, 6.45) is -0.885. The number of nitrogens with zero attached hydrogens (tertiary/aromatic N) is 1. The lowest BCUT2D eigenvalue weighted by Crippen LogP contribution is -2.51. The molecule has 1 aliphatic heterocycles. The minimum absolute atomic E-state index is 0.0290. The number of carbonyl (C=O) groups excluding carboxylic acids is 1. The lowest BCUT2D eigenvalue weighted by Gasteiger charge is -2.34. The average molecular weight is 388 g/mol. The molecule has 0 bridgehead atoms. The van der Waals surface area contributed by atoms with Gasteiger partial charge in [-0.25, -0.2) is 8.42 Å². The SMILES string of the molecule is CCS(=O)(=O)N1CC(C(=O)NCC(C)c2ccccc2)Oc2ccccc21. The van der Waals surface area contributed by atoms with Crippen LogP contribution in [0.5, 0.6) is 5.75 Å². The molecule has 27 heavy (non-hydrogen) atoms. The second kappa shape index (κ2) is 8.00. The predicted molar refractivity (Wildman–Crippen MR) is 106 cm³/mol. The number of ether oxygens (including phenoxy) is 1. The summed E-state index contributed by atoms with van der Waals surface area (Å²) in [7, 11) is -3.50. The van der Waals surface area contributed by atoms with Gasteiger partial charge in [0.05, 0.1) is 18.0 Å². The summed E-state index contributed by atoms with van der Waals surface area (Å²) in [5.41, 5.74) is 1.60. The van der Waals surface area contributed by atoms with Crippen LogP contribution in [0.4, 0.5) is 5.69 Å². The smallest absolute Gasteiger partial charge is 0.263 e. The van der Waals surface area contributed by atoms with Crippen molar-refractivity contribution in [3.8, 4) is 5.75 Å². The van der Waals surface area contributed by atoms with Crippen LogP contribution >= 0.6 is 0 Å². The van der Waals surface area contributed by atoms with Crippen molar-refractivity contribution in [2.24, 2.45) is 0 Å². The van der Waals surface area contributed by atoms with Gasteiger partial charge in [-0.3, -0.25) is 9.10 Å². The Morgan fingerprint density at radius 3 is 2.56 bits per heavy atom. The summed E-state index contributed by atoms with van der Waals surface area (Å²) in [6.45, 7) is 4.04. The number of nitrogens with one attached hydrogen (secondary N) is 1. The quantitative estimate of drug-likeness (QED) is 0.825. The Morgan fingerprint density at radius 2 is 1.85 bits per heavy atom. The van der Waals surface area contributed by atoms with Crippen molar-refractivity contribution in [1.29, 1.82) is 0 Å². The molecular weight excluding hydrogens is 364 g/mol. The molecular formula is C20H24N2O4S. The maximum Gasteiger partial charge on any atom is 0.263 e. The molecule has 0 spiro atoms. The molecule has 1 aliphatic rings. The molecule has 1 N–H and O–H groups in total. The summed E-state index contributed by atoms with van der Waals surface area (Å²) < 4.78 is 32.0. The molecule has 7 heteroatoms. The van der Waals surface area contributed by atoms with Crippen LogP contribution in [-0.4, -0.2) is 39.3 Å². The summed E-state index contributed by atoms with van der Waals surface area (Å²) in [5.74, 6) is 0.183. The Kier molecular flexibility index (Phi) is 5.70. The second-order valence-electron chi connectivity index (χ2n) is 6.56. The van der Waals surface area contributed by atoms with Gasteiger partial charge >= 0.3 is 0 Å². The number of fused-ring (bicyclic) bond motifs is 1. The van der Waals surface area contributed by atoms with Crippen LogP contribution in [0.25, 0.3) is 0 Å². The zero-order chi connectivity index (χ0) is 19.4. The van der Waals surface area contributed by atoms with Crippen molar-refractivity contribution in [3.05, 3.63) is 60.2 Å². The van der Waals surface area contributed by atoms with Crippen molar-refractivity contribution >= 4 is 21.6 Å². The highest BCUT2D eigenvalue weighted by molar-refractivity contribution is 7.92. The highest BCUT2D eigenvalue weighted by Crippen LogP contribution is 2.35. The highest BCUT2D eigenvalue weighted by atomic mass is 32.2. The van der Waals surface area contributed by atoms with Crippen molar-refractivity contribution in [1.82, 2.24) is 5.32 Å². The molecule has 0 saturated carbocycles. The van der Waals surface area contributed by atoms with Crippen LogP contribution in [0.1, 0.15) is 25.3 Å². The molecule has 0 radical (unpaired) electrons. The molecule has 6 nitrogen and oxygen atoms in total. The van der Waals surface area contributed by atoms with Crippen LogP contribution in [0.2, 0.25) is 0 Å². The Balaban J connectivity index is 1.72. The van der Waals surface area contributed by atoms with Gasteiger partial charge in [-0.1, -0.05) is 49.4 Å². The molecule has 144 valence electrons. The van der Waals surface area contributed by atoms with Gasteiger partial charge in [0.2, 0.25) is 10.0 Å². The average Bonchev–Trinajstić information content (AvgIpc) is 2.71. The second-order valence-corrected chi connectivity index (χ2v) is 8.74. The maximum absolute atomic E-state index is 12.6. The molecule has 2 aromatic carbocycles. The number of benzene rings is 2. The van der Waals surface area contributed by atoms with E-state index in [0.29, 0.717) is 18.0 Å². The maximum atomic E-state index is 12.6. The molecule has 3 rings (SSSR count). The van der Waals surface area contributed by atoms with Crippen molar-refractivity contribution in [2.45, 2.75) is 25.9 Å². The number of amides is 1. The largest absolute Gasteiger partial charge is 0.476 e. The summed E-state index contributed by atoms with van der Waals surface area (Å²) in [4.78, 5) is 12.6. The first-order valence-electron chi connectivity index (χ1n) is 9.01. The number of para-hydroxylation sites is 2. The molecule has 2 aromatic rings. The van der Waals surface area contributed by atoms with Gasteiger partial charge in [-0.2, -0.15) is 0 Å². The van der Waals surface area contributed by atoms with E-state index in [0.717, 1.165) is 5.56 Å². The van der Waals surface area contributed by atoms with Gasteiger partial charge in [-0.15, -0.1) is 0 Å². The fourth-order valence-electron chi connectivity index (χ4n) is 3.02. The minimum Gasteiger partial charge on any atom is -0.476 e. The number of sulfonamides is 1. The number of anilines is 1. The Labute approximate surface area is 160 Å². The third-order valence-electron chi connectivity index (χ3n) is 4.68. The van der Waals surface area contributed by atoms with Gasteiger partial charge in [0.1, 0.15) is 5.75 Å². The standard InChI is InChI=1S/C20H24N2O4S/c1-3-27(24,25)22-14-19(26-18-12-8-7-11-17(18)22)20(23)21-13-15(2)16-9-5-4-6-10-16/h4-12,15,19H,3,13-14H2,1-2H3,(H,21,23). The fraction of sp³-hybridized carbons (Fsp3) is 0.350. The molecule has 0 fully saturated rings. The third kappa shape index (κ3) is 4.24. The van der Waals surface area contributed by atoms with E-state index < -0.39 is 16.1 Å². The van der Waals surface area contributed by atoms with Gasteiger partial charge in [0.25, 0.3) is 5.91 Å². The highest BCUT2D eigenvalue weighted by Gasteiger charge is 2.35. The fourth-order valence-corrected chi connectivity index (χ4v) is 4.15. The monoisotopic (exact) mass is 388 g/mol. The normalized spacial score (nSPS) is 17.6. The Bertz CT molecular complexity index is 899. The zero-order valence-electron chi connectivity index (χ0n) is 15.5. The summed E-state index contributed by atoms with van der Waals surface area (Å²) >= 11 is 0. The number of carbonyl (C=O) groups is 1. The van der Waals surface area contributed by atoms with Crippen molar-refractivity contribution < 1.29 is 17.9 Å². The first kappa shape index (κ1) is 19.2.